The second-order valence-electron chi connectivity index (χ2n) is 11.4. The van der Waals surface area contributed by atoms with E-state index in [1.165, 1.54) is 32.8 Å². The summed E-state index contributed by atoms with van der Waals surface area (Å²) in [6.07, 6.45) is 9.39. The van der Waals surface area contributed by atoms with Crippen molar-refractivity contribution in [3.8, 4) is 0 Å². The molecule has 0 aromatic carbocycles. The molecule has 0 saturated heterocycles. The number of esters is 1. The summed E-state index contributed by atoms with van der Waals surface area (Å²) >= 11 is 0. The lowest BCUT2D eigenvalue weighted by Gasteiger charge is -2.60. The Bertz CT molecular complexity index is 659. The molecule has 29 heavy (non-hydrogen) atoms. The van der Waals surface area contributed by atoms with Gasteiger partial charge in [0.1, 0.15) is 5.78 Å². The molecule has 4 aliphatic carbocycles. The van der Waals surface area contributed by atoms with Crippen LogP contribution in [0.3, 0.4) is 0 Å². The Labute approximate surface area is 176 Å². The highest BCUT2D eigenvalue weighted by molar-refractivity contribution is 5.83. The molecule has 0 aromatic heterocycles. The van der Waals surface area contributed by atoms with Crippen molar-refractivity contribution in [2.75, 3.05) is 7.11 Å². The van der Waals surface area contributed by atoms with Gasteiger partial charge in [-0.15, -0.1) is 0 Å². The molecule has 4 rings (SSSR count). The Kier molecular flexibility index (Phi) is 5.63. The van der Waals surface area contributed by atoms with Gasteiger partial charge in [0.15, 0.2) is 0 Å². The van der Waals surface area contributed by atoms with Crippen molar-refractivity contribution in [1.82, 2.24) is 0 Å². The molecule has 0 heterocycles. The summed E-state index contributed by atoms with van der Waals surface area (Å²) in [6.45, 7) is 7.18. The van der Waals surface area contributed by atoms with Crippen LogP contribution in [0.25, 0.3) is 0 Å². The van der Waals surface area contributed by atoms with E-state index in [-0.39, 0.29) is 23.4 Å². The molecule has 1 N–H and O–H groups in total. The van der Waals surface area contributed by atoms with E-state index < -0.39 is 0 Å². The summed E-state index contributed by atoms with van der Waals surface area (Å²) in [6, 6.07) is 0. The van der Waals surface area contributed by atoms with Crippen molar-refractivity contribution in [3.63, 3.8) is 0 Å². The SMILES string of the molecule is COC(=O)CC[C@@H](C)[C@H]1CC[C@@H]2[C@@H]3CC(=O)[C@@H]4C[C@H](O)CC[C@]4(C)[C@H]3CC[C@@]21C. The van der Waals surface area contributed by atoms with Gasteiger partial charge in [-0.2, -0.15) is 0 Å². The first-order chi connectivity index (χ1) is 13.7. The van der Waals surface area contributed by atoms with Crippen LogP contribution in [0.2, 0.25) is 0 Å². The average molecular weight is 405 g/mol. The second-order valence-corrected chi connectivity index (χ2v) is 11.4. The molecule has 0 aromatic rings. The van der Waals surface area contributed by atoms with Gasteiger partial charge in [0.25, 0.3) is 0 Å². The number of aliphatic hydroxyl groups excluding tert-OH is 1. The lowest BCUT2D eigenvalue weighted by atomic mass is 9.44. The number of ketones is 1. The molecule has 0 radical (unpaired) electrons. The second kappa shape index (κ2) is 7.66. The van der Waals surface area contributed by atoms with Crippen molar-refractivity contribution in [2.45, 2.75) is 91.1 Å². The predicted octanol–water partition coefficient (Wildman–Crippen LogP) is 4.77. The molecule has 4 fully saturated rings. The van der Waals surface area contributed by atoms with Gasteiger partial charge in [-0.05, 0) is 91.8 Å². The van der Waals surface area contributed by atoms with E-state index in [4.69, 9.17) is 4.74 Å². The van der Waals surface area contributed by atoms with Gasteiger partial charge in [-0.1, -0.05) is 20.8 Å². The van der Waals surface area contributed by atoms with E-state index in [1.807, 2.05) is 0 Å². The van der Waals surface area contributed by atoms with Crippen molar-refractivity contribution in [1.29, 1.82) is 0 Å². The van der Waals surface area contributed by atoms with E-state index >= 15 is 0 Å². The lowest BCUT2D eigenvalue weighted by Crippen LogP contribution is -2.57. The highest BCUT2D eigenvalue weighted by atomic mass is 16.5. The van der Waals surface area contributed by atoms with Crippen LogP contribution >= 0.6 is 0 Å². The monoisotopic (exact) mass is 404 g/mol. The first kappa shape index (κ1) is 21.3. The van der Waals surface area contributed by atoms with Crippen molar-refractivity contribution >= 4 is 11.8 Å². The van der Waals surface area contributed by atoms with E-state index in [2.05, 4.69) is 20.8 Å². The molecule has 0 unspecified atom stereocenters. The third-order valence-electron chi connectivity index (χ3n) is 10.2. The molecular formula is C25H40O4. The number of aliphatic hydroxyl groups is 1. The van der Waals surface area contributed by atoms with Gasteiger partial charge < -0.3 is 9.84 Å². The molecular weight excluding hydrogens is 364 g/mol. The van der Waals surface area contributed by atoms with Crippen molar-refractivity contribution < 1.29 is 19.4 Å². The fraction of sp³-hybridized carbons (Fsp3) is 0.920. The summed E-state index contributed by atoms with van der Waals surface area (Å²) in [7, 11) is 1.47. The first-order valence-corrected chi connectivity index (χ1v) is 12.0. The van der Waals surface area contributed by atoms with Gasteiger partial charge in [0, 0.05) is 18.8 Å². The summed E-state index contributed by atoms with van der Waals surface area (Å²) in [5.74, 6) is 3.37. The topological polar surface area (TPSA) is 63.6 Å². The molecule has 164 valence electrons. The maximum Gasteiger partial charge on any atom is 0.305 e. The van der Waals surface area contributed by atoms with E-state index in [0.717, 1.165) is 25.7 Å². The minimum atomic E-state index is -0.283. The molecule has 4 nitrogen and oxygen atoms in total. The van der Waals surface area contributed by atoms with Crippen LogP contribution in [0.1, 0.15) is 85.0 Å². The Morgan fingerprint density at radius 2 is 1.83 bits per heavy atom. The lowest BCUT2D eigenvalue weighted by molar-refractivity contribution is -0.160. The number of hydrogen-bond acceptors (Lipinski definition) is 4. The molecule has 0 bridgehead atoms. The fourth-order valence-electron chi connectivity index (χ4n) is 8.64. The first-order valence-electron chi connectivity index (χ1n) is 12.0. The number of carbonyl (C=O) groups excluding carboxylic acids is 2. The maximum absolute atomic E-state index is 13.2. The predicted molar refractivity (Wildman–Crippen MR) is 112 cm³/mol. The highest BCUT2D eigenvalue weighted by Gasteiger charge is 2.62. The maximum atomic E-state index is 13.2. The molecule has 4 heteroatoms. The fourth-order valence-corrected chi connectivity index (χ4v) is 8.64. The number of methoxy groups -OCH3 is 1. The zero-order valence-corrected chi connectivity index (χ0v) is 18.8. The zero-order chi connectivity index (χ0) is 21.0. The molecule has 4 aliphatic rings. The molecule has 0 spiro atoms. The Hall–Kier alpha value is -0.900. The standard InChI is InChI=1S/C25H40O4/c1-15(5-8-23(28)29-4)18-6-7-19-17-14-22(27)21-13-16(26)9-11-25(21,3)20(17)10-12-24(18,19)2/h15-21,26H,5-14H2,1-4H3/t15-,16-,17+,18-,19-,20+,21+,24-,25-/m1/s1. The zero-order valence-electron chi connectivity index (χ0n) is 18.8. The third-order valence-corrected chi connectivity index (χ3v) is 10.2. The van der Waals surface area contributed by atoms with Gasteiger partial charge in [0.2, 0.25) is 0 Å². The van der Waals surface area contributed by atoms with Crippen LogP contribution < -0.4 is 0 Å². The van der Waals surface area contributed by atoms with Crippen LogP contribution in [0.5, 0.6) is 0 Å². The normalized spacial score (nSPS) is 47.7. The third kappa shape index (κ3) is 3.38. The van der Waals surface area contributed by atoms with Crippen molar-refractivity contribution in [3.05, 3.63) is 0 Å². The summed E-state index contributed by atoms with van der Waals surface area (Å²) in [5.41, 5.74) is 0.392. The minimum Gasteiger partial charge on any atom is -0.469 e. The summed E-state index contributed by atoms with van der Waals surface area (Å²) in [4.78, 5) is 24.8. The van der Waals surface area contributed by atoms with Crippen LogP contribution in [0.15, 0.2) is 0 Å². The van der Waals surface area contributed by atoms with Gasteiger partial charge in [0.05, 0.1) is 13.2 Å². The van der Waals surface area contributed by atoms with Gasteiger partial charge in [-0.3, -0.25) is 9.59 Å². The smallest absolute Gasteiger partial charge is 0.305 e. The van der Waals surface area contributed by atoms with Gasteiger partial charge in [-0.25, -0.2) is 0 Å². The Balaban J connectivity index is 1.52. The number of ether oxygens (including phenoxy) is 1. The van der Waals surface area contributed by atoms with E-state index in [0.29, 0.717) is 53.6 Å². The Morgan fingerprint density at radius 3 is 2.55 bits per heavy atom. The number of hydrogen-bond donors (Lipinski definition) is 1. The van der Waals surface area contributed by atoms with Gasteiger partial charge >= 0.3 is 5.97 Å². The van der Waals surface area contributed by atoms with Crippen LogP contribution in [0.4, 0.5) is 0 Å². The van der Waals surface area contributed by atoms with E-state index in [9.17, 15) is 14.7 Å². The van der Waals surface area contributed by atoms with Crippen LogP contribution in [-0.4, -0.2) is 30.1 Å². The number of carbonyl (C=O) groups is 2. The molecule has 4 saturated carbocycles. The highest BCUT2D eigenvalue weighted by Crippen LogP contribution is 2.67. The largest absolute Gasteiger partial charge is 0.469 e. The molecule has 0 aliphatic heterocycles. The van der Waals surface area contributed by atoms with Crippen LogP contribution in [-0.2, 0) is 14.3 Å². The number of fused-ring (bicyclic) bond motifs is 5. The quantitative estimate of drug-likeness (QED) is 0.685. The van der Waals surface area contributed by atoms with Crippen LogP contribution in [0, 0.1) is 46.3 Å². The van der Waals surface area contributed by atoms with E-state index in [1.54, 1.807) is 0 Å². The summed E-state index contributed by atoms with van der Waals surface area (Å²) < 4.78 is 4.85. The van der Waals surface area contributed by atoms with Crippen molar-refractivity contribution in [2.24, 2.45) is 46.3 Å². The summed E-state index contributed by atoms with van der Waals surface area (Å²) in [5, 5.41) is 10.2. The number of rotatable bonds is 4. The molecule has 9 atom stereocenters. The molecule has 0 amide bonds. The minimum absolute atomic E-state index is 0.0769. The number of Topliss-reactive ketones (excluding diaryl/α,β-unsaturated/α-hetero) is 1. The average Bonchev–Trinajstić information content (AvgIpc) is 3.05. The Morgan fingerprint density at radius 1 is 1.14 bits per heavy atom.